The van der Waals surface area contributed by atoms with Gasteiger partial charge in [-0.1, -0.05) is 6.92 Å². The van der Waals surface area contributed by atoms with Crippen LogP contribution in [0.2, 0.25) is 0 Å². The molecule has 1 heterocycles. The Morgan fingerprint density at radius 3 is 2.47 bits per heavy atom. The Labute approximate surface area is 110 Å². The first kappa shape index (κ1) is 14.7. The number of carbonyl (C=O) groups is 3. The van der Waals surface area contributed by atoms with Crippen molar-refractivity contribution in [2.45, 2.75) is 26.7 Å². The smallest absolute Gasteiger partial charge is 0.339 e. The summed E-state index contributed by atoms with van der Waals surface area (Å²) in [5, 5.41) is 0. The van der Waals surface area contributed by atoms with Gasteiger partial charge in [0.25, 0.3) is 0 Å². The number of hydrogen-bond acceptors (Lipinski definition) is 4. The maximum absolute atomic E-state index is 11.7. The number of rotatable bonds is 5. The van der Waals surface area contributed by atoms with Crippen molar-refractivity contribution in [3.8, 4) is 0 Å². The average molecular weight is 267 g/mol. The number of nitrogens with two attached hydrogens (primary N) is 1. The molecule has 7 nitrogen and oxygen atoms in total. The molecule has 0 unspecified atom stereocenters. The van der Waals surface area contributed by atoms with Crippen molar-refractivity contribution in [3.05, 3.63) is 23.0 Å². The van der Waals surface area contributed by atoms with Crippen LogP contribution in [0.25, 0.3) is 0 Å². The molecule has 0 aliphatic heterocycles. The van der Waals surface area contributed by atoms with E-state index in [0.29, 0.717) is 23.4 Å². The Bertz CT molecular complexity index is 519. The predicted molar refractivity (Wildman–Crippen MR) is 68.5 cm³/mol. The highest BCUT2D eigenvalue weighted by Gasteiger charge is 2.21. The highest BCUT2D eigenvalue weighted by Crippen LogP contribution is 2.18. The maximum Gasteiger partial charge on any atom is 0.339 e. The lowest BCUT2D eigenvalue weighted by molar-refractivity contribution is -0.116. The van der Waals surface area contributed by atoms with Crippen molar-refractivity contribution < 1.29 is 19.1 Å². The first-order valence-electron chi connectivity index (χ1n) is 5.78. The van der Waals surface area contributed by atoms with Gasteiger partial charge in [-0.15, -0.1) is 0 Å². The fraction of sp³-hybridized carbons (Fsp3) is 0.417. The maximum atomic E-state index is 11.7. The number of methoxy groups -OCH3 is 1. The molecule has 0 aromatic carbocycles. The highest BCUT2D eigenvalue weighted by molar-refractivity contribution is 5.92. The summed E-state index contributed by atoms with van der Waals surface area (Å²) in [4.78, 5) is 33.9. The van der Waals surface area contributed by atoms with E-state index < -0.39 is 12.0 Å². The van der Waals surface area contributed by atoms with Crippen LogP contribution in [0.1, 0.15) is 35.6 Å². The van der Waals surface area contributed by atoms with Crippen molar-refractivity contribution >= 4 is 17.8 Å². The summed E-state index contributed by atoms with van der Waals surface area (Å²) in [6.45, 7) is 3.24. The third-order valence-corrected chi connectivity index (χ3v) is 2.57. The Balaban J connectivity index is 3.35. The molecule has 0 saturated carbocycles. The molecule has 0 fully saturated rings. The molecule has 19 heavy (non-hydrogen) atoms. The summed E-state index contributed by atoms with van der Waals surface area (Å²) in [5.41, 5.74) is 8.83. The number of nitrogens with one attached hydrogen (secondary N) is 1. The third-order valence-electron chi connectivity index (χ3n) is 2.57. The average Bonchev–Trinajstić information content (AvgIpc) is 2.65. The van der Waals surface area contributed by atoms with Gasteiger partial charge < -0.3 is 10.5 Å². The van der Waals surface area contributed by atoms with Crippen LogP contribution in [0.3, 0.4) is 0 Å². The molecular weight excluding hydrogens is 250 g/mol. The standard InChI is InChI=1S/C12H17N3O4/c1-4-10-9(11(17)19-3)6-8(5-7(2)16)15(10)14-12(13)18/h6H,4-5H2,1-3H3,(H3,13,14,18). The fourth-order valence-corrected chi connectivity index (χ4v) is 1.88. The van der Waals surface area contributed by atoms with E-state index in [9.17, 15) is 14.4 Å². The zero-order chi connectivity index (χ0) is 14.6. The molecule has 1 aromatic heterocycles. The molecule has 0 atom stereocenters. The summed E-state index contributed by atoms with van der Waals surface area (Å²) < 4.78 is 6.05. The summed E-state index contributed by atoms with van der Waals surface area (Å²) in [6.07, 6.45) is 0.562. The van der Waals surface area contributed by atoms with Crippen molar-refractivity contribution in [1.82, 2.24) is 4.68 Å². The van der Waals surface area contributed by atoms with Crippen LogP contribution in [0.15, 0.2) is 6.07 Å². The fourth-order valence-electron chi connectivity index (χ4n) is 1.88. The second-order valence-corrected chi connectivity index (χ2v) is 4.03. The topological polar surface area (TPSA) is 103 Å². The van der Waals surface area contributed by atoms with E-state index in [1.54, 1.807) is 0 Å². The van der Waals surface area contributed by atoms with Gasteiger partial charge in [-0.2, -0.15) is 0 Å². The largest absolute Gasteiger partial charge is 0.465 e. The lowest BCUT2D eigenvalue weighted by Crippen LogP contribution is -2.31. The first-order chi connectivity index (χ1) is 8.90. The first-order valence-corrected chi connectivity index (χ1v) is 5.78. The van der Waals surface area contributed by atoms with Crippen LogP contribution in [0.5, 0.6) is 0 Å². The molecule has 104 valence electrons. The number of ketones is 1. The molecule has 0 aliphatic carbocycles. The Morgan fingerprint density at radius 2 is 2.05 bits per heavy atom. The Morgan fingerprint density at radius 1 is 1.42 bits per heavy atom. The van der Waals surface area contributed by atoms with E-state index in [1.165, 1.54) is 24.8 Å². The van der Waals surface area contributed by atoms with Crippen molar-refractivity contribution in [2.24, 2.45) is 5.73 Å². The van der Waals surface area contributed by atoms with Crippen molar-refractivity contribution in [1.29, 1.82) is 0 Å². The summed E-state index contributed by atoms with van der Waals surface area (Å²) >= 11 is 0. The molecule has 0 aliphatic rings. The van der Waals surface area contributed by atoms with Gasteiger partial charge in [-0.3, -0.25) is 9.47 Å². The number of amides is 2. The number of aromatic nitrogens is 1. The number of primary amides is 1. The Hall–Kier alpha value is -2.31. The summed E-state index contributed by atoms with van der Waals surface area (Å²) in [5.74, 6) is -0.615. The van der Waals surface area contributed by atoms with Crippen LogP contribution in [0.4, 0.5) is 4.79 Å². The number of esters is 1. The SMILES string of the molecule is CCc1c(C(=O)OC)cc(CC(C)=O)n1NC(N)=O. The number of nitrogens with zero attached hydrogens (tertiary/aromatic N) is 1. The Kier molecular flexibility index (Phi) is 4.68. The van der Waals surface area contributed by atoms with E-state index in [1.807, 2.05) is 6.92 Å². The van der Waals surface area contributed by atoms with Crippen LogP contribution in [-0.4, -0.2) is 29.6 Å². The van der Waals surface area contributed by atoms with Gasteiger partial charge in [0, 0.05) is 12.1 Å². The number of urea groups is 1. The molecule has 1 aromatic rings. The van der Waals surface area contributed by atoms with E-state index >= 15 is 0 Å². The van der Waals surface area contributed by atoms with E-state index in [-0.39, 0.29) is 12.2 Å². The quantitative estimate of drug-likeness (QED) is 0.762. The molecule has 1 rings (SSSR count). The zero-order valence-electron chi connectivity index (χ0n) is 11.1. The van der Waals surface area contributed by atoms with Gasteiger partial charge in [0.15, 0.2) is 0 Å². The predicted octanol–water partition coefficient (Wildman–Crippen LogP) is 0.591. The van der Waals surface area contributed by atoms with Gasteiger partial charge in [0.2, 0.25) is 0 Å². The molecule has 2 amide bonds. The lowest BCUT2D eigenvalue weighted by atomic mass is 10.2. The molecule has 0 radical (unpaired) electrons. The molecular formula is C12H17N3O4. The summed E-state index contributed by atoms with van der Waals surface area (Å²) in [7, 11) is 1.27. The van der Waals surface area contributed by atoms with Crippen molar-refractivity contribution in [3.63, 3.8) is 0 Å². The van der Waals surface area contributed by atoms with Gasteiger partial charge in [0.1, 0.15) is 5.78 Å². The van der Waals surface area contributed by atoms with Crippen LogP contribution in [0, 0.1) is 0 Å². The van der Waals surface area contributed by atoms with E-state index in [4.69, 9.17) is 5.73 Å². The highest BCUT2D eigenvalue weighted by atomic mass is 16.5. The minimum atomic E-state index is -0.772. The van der Waals surface area contributed by atoms with Gasteiger partial charge in [-0.05, 0) is 19.4 Å². The zero-order valence-corrected chi connectivity index (χ0v) is 11.1. The summed E-state index contributed by atoms with van der Waals surface area (Å²) in [6, 6.07) is 0.758. The number of hydrogen-bond donors (Lipinski definition) is 2. The van der Waals surface area contributed by atoms with Crippen molar-refractivity contribution in [2.75, 3.05) is 12.5 Å². The second-order valence-electron chi connectivity index (χ2n) is 4.03. The second kappa shape index (κ2) is 6.03. The minimum absolute atomic E-state index is 0.0876. The third kappa shape index (κ3) is 3.34. The molecule has 3 N–H and O–H groups in total. The van der Waals surface area contributed by atoms with E-state index in [0.717, 1.165) is 0 Å². The van der Waals surface area contributed by atoms with Crippen LogP contribution >= 0.6 is 0 Å². The minimum Gasteiger partial charge on any atom is -0.465 e. The number of Topliss-reactive ketones (excluding diaryl/α,β-unsaturated/α-hetero) is 1. The molecule has 7 heteroatoms. The molecule has 0 bridgehead atoms. The van der Waals surface area contributed by atoms with Gasteiger partial charge in [0.05, 0.1) is 18.4 Å². The van der Waals surface area contributed by atoms with Gasteiger partial charge in [-0.25, -0.2) is 15.0 Å². The van der Waals surface area contributed by atoms with Crippen LogP contribution in [-0.2, 0) is 22.4 Å². The number of ether oxygens (including phenoxy) is 1. The van der Waals surface area contributed by atoms with Crippen LogP contribution < -0.4 is 11.2 Å². The van der Waals surface area contributed by atoms with Gasteiger partial charge >= 0.3 is 12.0 Å². The number of carbonyl (C=O) groups excluding carboxylic acids is 3. The van der Waals surface area contributed by atoms with E-state index in [2.05, 4.69) is 10.2 Å². The molecule has 0 spiro atoms. The normalized spacial score (nSPS) is 10.1. The lowest BCUT2D eigenvalue weighted by Gasteiger charge is -2.12. The molecule has 0 saturated heterocycles. The monoisotopic (exact) mass is 267 g/mol.